The number of thioether (sulfide) groups is 1. The SMILES string of the molecule is O=C(CSCc1cccc(Cl)c1)Nc1c(Cl)cc(Cl)cc1Cl. The average molecular weight is 395 g/mol. The molecular formula is C15H11Cl4NOS. The third-order valence-electron chi connectivity index (χ3n) is 2.66. The molecule has 0 spiro atoms. The summed E-state index contributed by atoms with van der Waals surface area (Å²) in [5.74, 6) is 0.788. The van der Waals surface area contributed by atoms with E-state index in [1.165, 1.54) is 23.9 Å². The molecule has 0 fully saturated rings. The number of benzene rings is 2. The van der Waals surface area contributed by atoms with Crippen molar-refractivity contribution in [2.45, 2.75) is 5.75 Å². The summed E-state index contributed by atoms with van der Waals surface area (Å²) in [7, 11) is 0. The minimum Gasteiger partial charge on any atom is -0.323 e. The standard InChI is InChI=1S/C15H11Cl4NOS/c16-10-3-1-2-9(4-10)7-22-8-14(21)20-15-12(18)5-11(17)6-13(15)19/h1-6H,7-8H2,(H,20,21). The van der Waals surface area contributed by atoms with Gasteiger partial charge in [-0.2, -0.15) is 0 Å². The molecule has 2 rings (SSSR count). The quantitative estimate of drug-likeness (QED) is 0.656. The van der Waals surface area contributed by atoms with E-state index in [9.17, 15) is 4.79 Å². The zero-order valence-corrected chi connectivity index (χ0v) is 15.0. The number of rotatable bonds is 5. The van der Waals surface area contributed by atoms with Gasteiger partial charge >= 0.3 is 0 Å². The monoisotopic (exact) mass is 393 g/mol. The van der Waals surface area contributed by atoms with Crippen LogP contribution in [0, 0.1) is 0 Å². The summed E-state index contributed by atoms with van der Waals surface area (Å²) in [6, 6.07) is 10.6. The minimum atomic E-state index is -0.182. The molecule has 0 aliphatic rings. The van der Waals surface area contributed by atoms with Crippen LogP contribution < -0.4 is 5.32 Å². The maximum absolute atomic E-state index is 12.0. The zero-order valence-electron chi connectivity index (χ0n) is 11.2. The predicted octanol–water partition coefficient (Wildman–Crippen LogP) is 6.17. The van der Waals surface area contributed by atoms with Gasteiger partial charge in [0.05, 0.1) is 21.5 Å². The fourth-order valence-electron chi connectivity index (χ4n) is 1.73. The lowest BCUT2D eigenvalue weighted by Crippen LogP contribution is -2.14. The highest BCUT2D eigenvalue weighted by Crippen LogP contribution is 2.33. The molecular weight excluding hydrogens is 384 g/mol. The molecule has 116 valence electrons. The van der Waals surface area contributed by atoms with Crippen LogP contribution in [-0.2, 0) is 10.5 Å². The van der Waals surface area contributed by atoms with Crippen LogP contribution in [0.3, 0.4) is 0 Å². The largest absolute Gasteiger partial charge is 0.323 e. The first kappa shape index (κ1) is 17.8. The van der Waals surface area contributed by atoms with E-state index in [2.05, 4.69) is 5.32 Å². The summed E-state index contributed by atoms with van der Waals surface area (Å²) in [5, 5.41) is 4.42. The fourth-order valence-corrected chi connectivity index (χ4v) is 3.62. The van der Waals surface area contributed by atoms with E-state index in [0.717, 1.165) is 5.56 Å². The van der Waals surface area contributed by atoms with E-state index >= 15 is 0 Å². The summed E-state index contributed by atoms with van der Waals surface area (Å²) in [4.78, 5) is 12.0. The number of hydrogen-bond acceptors (Lipinski definition) is 2. The highest BCUT2D eigenvalue weighted by molar-refractivity contribution is 7.99. The molecule has 2 nitrogen and oxygen atoms in total. The Labute approximate surface area is 153 Å². The van der Waals surface area contributed by atoms with Gasteiger partial charge in [0, 0.05) is 15.8 Å². The lowest BCUT2D eigenvalue weighted by atomic mass is 10.2. The summed E-state index contributed by atoms with van der Waals surface area (Å²) in [5.41, 5.74) is 1.44. The maximum atomic E-state index is 12.0. The normalized spacial score (nSPS) is 10.5. The maximum Gasteiger partial charge on any atom is 0.234 e. The second kappa shape index (κ2) is 8.32. The Morgan fingerprint density at radius 2 is 1.68 bits per heavy atom. The molecule has 0 heterocycles. The highest BCUT2D eigenvalue weighted by Gasteiger charge is 2.11. The van der Waals surface area contributed by atoms with Crippen molar-refractivity contribution in [3.05, 3.63) is 62.1 Å². The third-order valence-corrected chi connectivity index (χ3v) is 4.72. The molecule has 0 atom stereocenters. The number of nitrogens with one attached hydrogen (secondary N) is 1. The number of hydrogen-bond donors (Lipinski definition) is 1. The molecule has 2 aromatic carbocycles. The van der Waals surface area contributed by atoms with Gasteiger partial charge in [-0.15, -0.1) is 11.8 Å². The van der Waals surface area contributed by atoms with Crippen molar-refractivity contribution < 1.29 is 4.79 Å². The van der Waals surface area contributed by atoms with Crippen LogP contribution in [0.15, 0.2) is 36.4 Å². The third kappa shape index (κ3) is 5.25. The molecule has 0 aromatic heterocycles. The number of anilines is 1. The first-order chi connectivity index (χ1) is 10.5. The van der Waals surface area contributed by atoms with Crippen molar-refractivity contribution in [3.8, 4) is 0 Å². The lowest BCUT2D eigenvalue weighted by molar-refractivity contribution is -0.113. The number of carbonyl (C=O) groups excluding carboxylic acids is 1. The molecule has 0 aliphatic heterocycles. The first-order valence-electron chi connectivity index (χ1n) is 6.22. The second-order valence-corrected chi connectivity index (χ2v) is 7.09. The van der Waals surface area contributed by atoms with Crippen molar-refractivity contribution in [1.82, 2.24) is 0 Å². The van der Waals surface area contributed by atoms with Gasteiger partial charge in [0.15, 0.2) is 0 Å². The molecule has 7 heteroatoms. The van der Waals surface area contributed by atoms with E-state index in [0.29, 0.717) is 31.5 Å². The molecule has 0 unspecified atom stereocenters. The smallest absolute Gasteiger partial charge is 0.234 e. The number of carbonyl (C=O) groups is 1. The van der Waals surface area contributed by atoms with Crippen LogP contribution in [0.5, 0.6) is 0 Å². The summed E-state index contributed by atoms with van der Waals surface area (Å²) >= 11 is 25.3. The van der Waals surface area contributed by atoms with Crippen molar-refractivity contribution in [2.24, 2.45) is 0 Å². The predicted molar refractivity (Wildman–Crippen MR) is 97.7 cm³/mol. The molecule has 0 bridgehead atoms. The molecule has 2 aromatic rings. The molecule has 1 N–H and O–H groups in total. The van der Waals surface area contributed by atoms with Crippen LogP contribution in [-0.4, -0.2) is 11.7 Å². The van der Waals surface area contributed by atoms with Crippen molar-refractivity contribution >= 4 is 69.8 Å². The van der Waals surface area contributed by atoms with E-state index in [1.54, 1.807) is 0 Å². The summed E-state index contributed by atoms with van der Waals surface area (Å²) in [6.45, 7) is 0. The molecule has 0 radical (unpaired) electrons. The Morgan fingerprint density at radius 3 is 2.32 bits per heavy atom. The zero-order chi connectivity index (χ0) is 16.1. The second-order valence-electron chi connectivity index (χ2n) is 4.42. The van der Waals surface area contributed by atoms with Gasteiger partial charge in [-0.3, -0.25) is 4.79 Å². The molecule has 22 heavy (non-hydrogen) atoms. The van der Waals surface area contributed by atoms with Crippen LogP contribution in [0.1, 0.15) is 5.56 Å². The van der Waals surface area contributed by atoms with Crippen LogP contribution >= 0.6 is 58.2 Å². The summed E-state index contributed by atoms with van der Waals surface area (Å²) < 4.78 is 0. The van der Waals surface area contributed by atoms with Crippen molar-refractivity contribution in [1.29, 1.82) is 0 Å². The van der Waals surface area contributed by atoms with E-state index in [-0.39, 0.29) is 11.7 Å². The Morgan fingerprint density at radius 1 is 1.00 bits per heavy atom. The van der Waals surface area contributed by atoms with Crippen LogP contribution in [0.2, 0.25) is 20.1 Å². The van der Waals surface area contributed by atoms with Gasteiger partial charge in [0.2, 0.25) is 5.91 Å². The Bertz CT molecular complexity index is 670. The summed E-state index contributed by atoms with van der Waals surface area (Å²) in [6.07, 6.45) is 0. The van der Waals surface area contributed by atoms with Crippen LogP contribution in [0.4, 0.5) is 5.69 Å². The fraction of sp³-hybridized carbons (Fsp3) is 0.133. The van der Waals surface area contributed by atoms with Gasteiger partial charge in [-0.1, -0.05) is 58.5 Å². The molecule has 1 amide bonds. The lowest BCUT2D eigenvalue weighted by Gasteiger charge is -2.10. The average Bonchev–Trinajstić information content (AvgIpc) is 2.43. The Kier molecular flexibility index (Phi) is 6.72. The first-order valence-corrected chi connectivity index (χ1v) is 8.89. The molecule has 0 saturated heterocycles. The highest BCUT2D eigenvalue weighted by atomic mass is 35.5. The van der Waals surface area contributed by atoms with Gasteiger partial charge in [0.25, 0.3) is 0 Å². The number of halogens is 4. The Hall–Kier alpha value is -0.580. The van der Waals surface area contributed by atoms with Gasteiger partial charge in [0.1, 0.15) is 0 Å². The van der Waals surface area contributed by atoms with Gasteiger partial charge < -0.3 is 5.32 Å². The van der Waals surface area contributed by atoms with E-state index in [1.807, 2.05) is 24.3 Å². The van der Waals surface area contributed by atoms with Gasteiger partial charge in [-0.25, -0.2) is 0 Å². The topological polar surface area (TPSA) is 29.1 Å². The van der Waals surface area contributed by atoms with E-state index < -0.39 is 0 Å². The minimum absolute atomic E-state index is 0.182. The number of amides is 1. The Balaban J connectivity index is 1.89. The van der Waals surface area contributed by atoms with Gasteiger partial charge in [-0.05, 0) is 29.8 Å². The van der Waals surface area contributed by atoms with Crippen molar-refractivity contribution in [3.63, 3.8) is 0 Å². The van der Waals surface area contributed by atoms with Crippen LogP contribution in [0.25, 0.3) is 0 Å². The van der Waals surface area contributed by atoms with Crippen molar-refractivity contribution in [2.75, 3.05) is 11.1 Å². The van der Waals surface area contributed by atoms with E-state index in [4.69, 9.17) is 46.4 Å². The molecule has 0 saturated carbocycles. The molecule has 0 aliphatic carbocycles.